The van der Waals surface area contributed by atoms with Gasteiger partial charge in [0.2, 0.25) is 0 Å². The van der Waals surface area contributed by atoms with Crippen LogP contribution in [0.4, 0.5) is 0 Å². The Hall–Kier alpha value is -0.830. The van der Waals surface area contributed by atoms with E-state index in [1.54, 1.807) is 0 Å². The highest BCUT2D eigenvalue weighted by Crippen LogP contribution is 2.32. The highest BCUT2D eigenvalue weighted by molar-refractivity contribution is 5.05. The second kappa shape index (κ2) is 6.93. The summed E-state index contributed by atoms with van der Waals surface area (Å²) in [6, 6.07) is 0. The lowest BCUT2D eigenvalue weighted by Crippen LogP contribution is -2.32. The fourth-order valence-electron chi connectivity index (χ4n) is 3.17. The molecular weight excluding hydrogens is 222 g/mol. The number of hydrogen-bond donors (Lipinski definition) is 1. The van der Waals surface area contributed by atoms with E-state index in [0.29, 0.717) is 0 Å². The minimum atomic E-state index is 0.854. The van der Waals surface area contributed by atoms with Crippen molar-refractivity contribution in [2.45, 2.75) is 45.4 Å². The molecule has 1 saturated carbocycles. The van der Waals surface area contributed by atoms with Gasteiger partial charge in [-0.2, -0.15) is 5.10 Å². The first-order valence-electron chi connectivity index (χ1n) is 7.48. The number of rotatable bonds is 6. The zero-order chi connectivity index (χ0) is 12.8. The molecule has 2 unspecified atom stereocenters. The van der Waals surface area contributed by atoms with E-state index in [2.05, 4.69) is 23.5 Å². The van der Waals surface area contributed by atoms with Crippen molar-refractivity contribution in [3.8, 4) is 0 Å². The number of nitrogens with zero attached hydrogens (tertiary/aromatic N) is 2. The molecule has 0 aromatic carbocycles. The maximum atomic E-state index is 4.28. The summed E-state index contributed by atoms with van der Waals surface area (Å²) < 4.78 is 1.92. The van der Waals surface area contributed by atoms with Gasteiger partial charge < -0.3 is 5.32 Å². The van der Waals surface area contributed by atoms with Gasteiger partial charge in [0, 0.05) is 13.2 Å². The Kier molecular flexibility index (Phi) is 5.24. The molecule has 0 radical (unpaired) electrons. The van der Waals surface area contributed by atoms with Gasteiger partial charge in [-0.1, -0.05) is 19.8 Å². The predicted molar refractivity (Wildman–Crippen MR) is 75.5 cm³/mol. The van der Waals surface area contributed by atoms with E-state index in [9.17, 15) is 0 Å². The summed E-state index contributed by atoms with van der Waals surface area (Å²) in [4.78, 5) is 0. The Labute approximate surface area is 111 Å². The van der Waals surface area contributed by atoms with Crippen molar-refractivity contribution in [1.82, 2.24) is 15.1 Å². The molecule has 1 aliphatic rings. The predicted octanol–water partition coefficient (Wildman–Crippen LogP) is 2.77. The molecule has 0 bridgehead atoms. The van der Waals surface area contributed by atoms with Crippen LogP contribution in [-0.4, -0.2) is 22.9 Å². The van der Waals surface area contributed by atoms with Crippen molar-refractivity contribution in [1.29, 1.82) is 0 Å². The lowest BCUT2D eigenvalue weighted by Gasteiger charge is -2.31. The molecule has 1 aliphatic carbocycles. The lowest BCUT2D eigenvalue weighted by molar-refractivity contribution is 0.229. The first-order valence-corrected chi connectivity index (χ1v) is 7.48. The molecule has 0 saturated heterocycles. The minimum Gasteiger partial charge on any atom is -0.316 e. The van der Waals surface area contributed by atoms with Gasteiger partial charge in [-0.3, -0.25) is 4.68 Å². The van der Waals surface area contributed by atoms with Crippen LogP contribution in [0.25, 0.3) is 0 Å². The van der Waals surface area contributed by atoms with Crippen molar-refractivity contribution < 1.29 is 0 Å². The van der Waals surface area contributed by atoms with Crippen molar-refractivity contribution in [2.75, 3.05) is 13.1 Å². The van der Waals surface area contributed by atoms with Crippen LogP contribution in [-0.2, 0) is 13.5 Å². The molecule has 18 heavy (non-hydrogen) atoms. The summed E-state index contributed by atoms with van der Waals surface area (Å²) in [7, 11) is 2.00. The van der Waals surface area contributed by atoms with Gasteiger partial charge in [-0.15, -0.1) is 0 Å². The largest absolute Gasteiger partial charge is 0.316 e. The van der Waals surface area contributed by atoms with Gasteiger partial charge in [0.25, 0.3) is 0 Å². The quantitative estimate of drug-likeness (QED) is 0.786. The molecule has 2 rings (SSSR count). The van der Waals surface area contributed by atoms with Gasteiger partial charge in [-0.05, 0) is 56.2 Å². The summed E-state index contributed by atoms with van der Waals surface area (Å²) in [5.74, 6) is 1.72. The molecule has 0 aliphatic heterocycles. The molecule has 3 nitrogen and oxygen atoms in total. The van der Waals surface area contributed by atoms with E-state index in [1.165, 1.54) is 50.6 Å². The molecule has 1 aromatic heterocycles. The molecular formula is C15H27N3. The van der Waals surface area contributed by atoms with E-state index in [4.69, 9.17) is 0 Å². The Morgan fingerprint density at radius 2 is 2.11 bits per heavy atom. The summed E-state index contributed by atoms with van der Waals surface area (Å²) in [5, 5.41) is 7.89. The standard InChI is InChI=1S/C15H27N3/c1-3-8-16-11-15-7-5-4-6-14(15)9-13-10-17-18(2)12-13/h10,12,14-16H,3-9,11H2,1-2H3. The van der Waals surface area contributed by atoms with Crippen LogP contribution in [0.1, 0.15) is 44.6 Å². The molecule has 1 fully saturated rings. The molecule has 2 atom stereocenters. The highest BCUT2D eigenvalue weighted by Gasteiger charge is 2.25. The Morgan fingerprint density at radius 3 is 2.78 bits per heavy atom. The van der Waals surface area contributed by atoms with Crippen molar-refractivity contribution >= 4 is 0 Å². The van der Waals surface area contributed by atoms with Gasteiger partial charge in [-0.25, -0.2) is 0 Å². The normalized spacial score (nSPS) is 24.3. The van der Waals surface area contributed by atoms with Crippen molar-refractivity contribution in [3.05, 3.63) is 18.0 Å². The summed E-state index contributed by atoms with van der Waals surface area (Å²) in [5.41, 5.74) is 1.41. The molecule has 1 heterocycles. The fraction of sp³-hybridized carbons (Fsp3) is 0.800. The number of nitrogens with one attached hydrogen (secondary N) is 1. The van der Waals surface area contributed by atoms with Crippen LogP contribution in [0.15, 0.2) is 12.4 Å². The molecule has 1 aromatic rings. The minimum absolute atomic E-state index is 0.854. The average Bonchev–Trinajstić information content (AvgIpc) is 2.77. The Morgan fingerprint density at radius 1 is 1.33 bits per heavy atom. The van der Waals surface area contributed by atoms with Crippen molar-refractivity contribution in [2.24, 2.45) is 18.9 Å². The average molecular weight is 249 g/mol. The number of aromatic nitrogens is 2. The molecule has 1 N–H and O–H groups in total. The van der Waals surface area contributed by atoms with E-state index in [-0.39, 0.29) is 0 Å². The maximum Gasteiger partial charge on any atom is 0.0521 e. The van der Waals surface area contributed by atoms with Crippen molar-refractivity contribution in [3.63, 3.8) is 0 Å². The second-order valence-electron chi connectivity index (χ2n) is 5.74. The molecule has 0 amide bonds. The Balaban J connectivity index is 1.86. The van der Waals surface area contributed by atoms with Crippen LogP contribution in [0.2, 0.25) is 0 Å². The smallest absolute Gasteiger partial charge is 0.0521 e. The van der Waals surface area contributed by atoms with Gasteiger partial charge in [0.05, 0.1) is 6.20 Å². The SMILES string of the molecule is CCCNCC1CCCCC1Cc1cnn(C)c1. The zero-order valence-electron chi connectivity index (χ0n) is 11.9. The first-order chi connectivity index (χ1) is 8.79. The van der Waals surface area contributed by atoms with Crippen LogP contribution >= 0.6 is 0 Å². The number of aryl methyl sites for hydroxylation is 1. The van der Waals surface area contributed by atoms with Crippen LogP contribution in [0.5, 0.6) is 0 Å². The second-order valence-corrected chi connectivity index (χ2v) is 5.74. The molecule has 3 heteroatoms. The topological polar surface area (TPSA) is 29.9 Å². The Bertz CT molecular complexity index is 345. The van der Waals surface area contributed by atoms with Gasteiger partial charge >= 0.3 is 0 Å². The van der Waals surface area contributed by atoms with Crippen LogP contribution in [0, 0.1) is 11.8 Å². The summed E-state index contributed by atoms with van der Waals surface area (Å²) in [6.07, 6.45) is 12.3. The van der Waals surface area contributed by atoms with E-state index in [0.717, 1.165) is 18.4 Å². The maximum absolute atomic E-state index is 4.28. The zero-order valence-corrected chi connectivity index (χ0v) is 11.9. The monoisotopic (exact) mass is 249 g/mol. The first kappa shape index (κ1) is 13.6. The summed E-state index contributed by atoms with van der Waals surface area (Å²) in [6.45, 7) is 4.61. The van der Waals surface area contributed by atoms with E-state index in [1.807, 2.05) is 17.9 Å². The lowest BCUT2D eigenvalue weighted by atomic mass is 9.76. The van der Waals surface area contributed by atoms with Crippen LogP contribution in [0.3, 0.4) is 0 Å². The highest BCUT2D eigenvalue weighted by atomic mass is 15.2. The van der Waals surface area contributed by atoms with Gasteiger partial charge in [0.15, 0.2) is 0 Å². The third kappa shape index (κ3) is 3.84. The summed E-state index contributed by atoms with van der Waals surface area (Å²) >= 11 is 0. The third-order valence-electron chi connectivity index (χ3n) is 4.16. The molecule has 0 spiro atoms. The molecule has 102 valence electrons. The third-order valence-corrected chi connectivity index (χ3v) is 4.16. The fourth-order valence-corrected chi connectivity index (χ4v) is 3.17. The van der Waals surface area contributed by atoms with Crippen LogP contribution < -0.4 is 5.32 Å². The number of hydrogen-bond acceptors (Lipinski definition) is 2. The van der Waals surface area contributed by atoms with E-state index < -0.39 is 0 Å². The van der Waals surface area contributed by atoms with E-state index >= 15 is 0 Å². The van der Waals surface area contributed by atoms with Gasteiger partial charge in [0.1, 0.15) is 0 Å².